The molecule has 0 aromatic heterocycles. The number of hydrogen-bond donors (Lipinski definition) is 2. The molecule has 9 heavy (non-hydrogen) atoms. The second-order valence-electron chi connectivity index (χ2n) is 0. The molecule has 0 saturated carbocycles. The van der Waals surface area contributed by atoms with Gasteiger partial charge in [0.15, 0.2) is 0 Å². The Morgan fingerprint density at radius 3 is 0.333 bits per heavy atom. The van der Waals surface area contributed by atoms with Crippen LogP contribution in [0.1, 0.15) is 0 Å². The number of hydrogen-bond acceptors (Lipinski definition) is 0. The van der Waals surface area contributed by atoms with Crippen molar-refractivity contribution < 1.29 is 94.9 Å². The Bertz CT molecular complexity index is 11.0. The summed E-state index contributed by atoms with van der Waals surface area (Å²) >= 11 is 0. The van der Waals surface area contributed by atoms with Gasteiger partial charge in [0, 0.05) is 20.4 Å². The van der Waals surface area contributed by atoms with Crippen molar-refractivity contribution in [3.63, 3.8) is 0 Å². The average molecular weight is 355 g/mol. The van der Waals surface area contributed by atoms with Gasteiger partial charge in [-0.3, -0.25) is 0 Å². The number of rotatable bonds is 0. The van der Waals surface area contributed by atoms with Gasteiger partial charge in [-0.05, 0) is 0 Å². The van der Waals surface area contributed by atoms with E-state index in [4.69, 9.17) is 0 Å². The van der Waals surface area contributed by atoms with Gasteiger partial charge < -0.3 is 86.7 Å². The molecule has 8 N–H and O–H groups in total. The van der Waals surface area contributed by atoms with Gasteiger partial charge in [-0.1, -0.05) is 0 Å². The average Bonchev–Trinajstić information content (AvgIpc) is 0. The summed E-state index contributed by atoms with van der Waals surface area (Å²) in [4.78, 5) is 0. The van der Waals surface area contributed by atoms with Crippen LogP contribution in [-0.2, 0) is 20.4 Å². The van der Waals surface area contributed by atoms with Crippen molar-refractivity contribution in [2.45, 2.75) is 0 Å². The predicted molar refractivity (Wildman–Crippen MR) is 12.0 cm³/mol. The molecule has 0 atom stereocenters. The molecular weight excluding hydrogens is 347 g/mol. The van der Waals surface area contributed by atoms with Gasteiger partial charge in [0.25, 0.3) is 0 Å². The maximum atomic E-state index is 0. The van der Waals surface area contributed by atoms with Crippen LogP contribution >= 0.6 is 0 Å². The largest absolute Gasteiger partial charge is 1.00 e. The fourth-order valence-electron chi connectivity index (χ4n) is 0. The maximum absolute atomic E-state index is 0. The zero-order valence-electron chi connectivity index (χ0n) is 4.58. The van der Waals surface area contributed by atoms with E-state index in [9.17, 15) is 0 Å². The van der Waals surface area contributed by atoms with Gasteiger partial charge in [-0.25, -0.2) is 0 Å². The summed E-state index contributed by atoms with van der Waals surface area (Å²) in [6.07, 6.45) is 0. The van der Waals surface area contributed by atoms with Gasteiger partial charge in [-0.2, -0.15) is 0 Å². The summed E-state index contributed by atoms with van der Waals surface area (Å²) in [7, 11) is 0. The molecule has 0 rings (SSSR count). The zero-order valence-corrected chi connectivity index (χ0v) is 10.7. The summed E-state index contributed by atoms with van der Waals surface area (Å²) in [6.45, 7) is 0. The van der Waals surface area contributed by atoms with Crippen LogP contribution in [-0.4, -0.2) is 0 Å². The van der Waals surface area contributed by atoms with E-state index in [0.29, 0.717) is 0 Å². The minimum atomic E-state index is 0. The molecule has 0 aromatic rings. The molecule has 0 unspecified atom stereocenters. The molecule has 0 amide bonds. The van der Waals surface area contributed by atoms with Crippen molar-refractivity contribution in [3.8, 4) is 0 Å². The van der Waals surface area contributed by atoms with Crippen LogP contribution in [0.4, 0.5) is 0 Å². The van der Waals surface area contributed by atoms with E-state index in [1.165, 1.54) is 0 Å². The van der Waals surface area contributed by atoms with Gasteiger partial charge in [0.2, 0.25) is 0 Å². The van der Waals surface area contributed by atoms with Crippen LogP contribution in [0.25, 0.3) is 0 Å². The molecule has 0 heterocycles. The smallest absolute Gasteiger partial charge is 0 e. The molecule has 0 aliphatic rings. The summed E-state index contributed by atoms with van der Waals surface area (Å²) in [5.41, 5.74) is 0. The molecule has 0 bridgehead atoms. The molecule has 0 aliphatic heterocycles. The Labute approximate surface area is 106 Å². The SMILES string of the molecule is [Cl-].[Cl-].[Cl-].[Cl-].[Cl-].[Cl-].[NH4+].[NH4+].[Pd]. The van der Waals surface area contributed by atoms with Crippen LogP contribution in [0.5, 0.6) is 0 Å². The quantitative estimate of drug-likeness (QED) is 0.405. The van der Waals surface area contributed by atoms with Crippen LogP contribution in [0, 0.1) is 0 Å². The van der Waals surface area contributed by atoms with Crippen molar-refractivity contribution >= 4 is 0 Å². The molecule has 0 spiro atoms. The van der Waals surface area contributed by atoms with E-state index in [-0.39, 0.29) is 107 Å². The first-order valence-corrected chi connectivity index (χ1v) is 0. The minimum Gasteiger partial charge on any atom is -1.00 e. The molecule has 0 radical (unpaired) electrons. The van der Waals surface area contributed by atoms with Crippen LogP contribution in [0.15, 0.2) is 0 Å². The third-order valence-electron chi connectivity index (χ3n) is 0. The molecule has 0 aliphatic carbocycles. The van der Waals surface area contributed by atoms with E-state index in [1.807, 2.05) is 0 Å². The van der Waals surface area contributed by atoms with E-state index < -0.39 is 0 Å². The third kappa shape index (κ3) is 133. The Morgan fingerprint density at radius 1 is 0.333 bits per heavy atom. The van der Waals surface area contributed by atoms with Gasteiger partial charge >= 0.3 is 0 Å². The second-order valence-corrected chi connectivity index (χ2v) is 0. The standard InChI is InChI=1S/6ClH.2H3N.Pd/h6*1H;2*1H3;/p-4. The van der Waals surface area contributed by atoms with Crippen LogP contribution in [0.3, 0.4) is 0 Å². The molecular formula is H8Cl6N2Pd-4. The molecule has 2 nitrogen and oxygen atoms in total. The molecule has 74 valence electrons. The van der Waals surface area contributed by atoms with Gasteiger partial charge in [0.1, 0.15) is 0 Å². The minimum absolute atomic E-state index is 0. The third-order valence-corrected chi connectivity index (χ3v) is 0. The summed E-state index contributed by atoms with van der Waals surface area (Å²) < 4.78 is 0. The first-order chi connectivity index (χ1) is 0. The molecule has 0 aromatic carbocycles. The first kappa shape index (κ1) is 224. The van der Waals surface area contributed by atoms with E-state index in [0.717, 1.165) is 0 Å². The summed E-state index contributed by atoms with van der Waals surface area (Å²) in [5, 5.41) is 0. The van der Waals surface area contributed by atoms with Gasteiger partial charge in [0.05, 0.1) is 0 Å². The zero-order chi connectivity index (χ0) is 0. The molecule has 0 fully saturated rings. The first-order valence-electron chi connectivity index (χ1n) is 0. The monoisotopic (exact) mass is 352 g/mol. The van der Waals surface area contributed by atoms with Crippen molar-refractivity contribution in [1.29, 1.82) is 0 Å². The Hall–Kier alpha value is 2.32. The van der Waals surface area contributed by atoms with Gasteiger partial charge in [-0.15, -0.1) is 0 Å². The van der Waals surface area contributed by atoms with Crippen molar-refractivity contribution in [2.75, 3.05) is 0 Å². The second kappa shape index (κ2) is 166. The molecule has 9 heteroatoms. The topological polar surface area (TPSA) is 73.0 Å². The van der Waals surface area contributed by atoms with Crippen LogP contribution in [0.2, 0.25) is 0 Å². The number of halogens is 6. The summed E-state index contributed by atoms with van der Waals surface area (Å²) in [6, 6.07) is 0. The van der Waals surface area contributed by atoms with Crippen molar-refractivity contribution in [2.24, 2.45) is 0 Å². The normalized spacial score (nSPS) is 0. The summed E-state index contributed by atoms with van der Waals surface area (Å²) in [5.74, 6) is 0. The van der Waals surface area contributed by atoms with E-state index >= 15 is 0 Å². The molecule has 0 saturated heterocycles. The fourth-order valence-corrected chi connectivity index (χ4v) is 0. The Kier molecular flexibility index (Phi) is 4130. The van der Waals surface area contributed by atoms with E-state index in [2.05, 4.69) is 0 Å². The van der Waals surface area contributed by atoms with Crippen molar-refractivity contribution in [1.82, 2.24) is 12.3 Å². The Morgan fingerprint density at radius 2 is 0.333 bits per heavy atom. The fraction of sp³-hybridized carbons (Fsp3) is 0. The van der Waals surface area contributed by atoms with Crippen LogP contribution < -0.4 is 86.7 Å². The van der Waals surface area contributed by atoms with Crippen molar-refractivity contribution in [3.05, 3.63) is 0 Å². The predicted octanol–water partition coefficient (Wildman–Crippen LogP) is -17.2. The Balaban J connectivity index is 0. The van der Waals surface area contributed by atoms with E-state index in [1.54, 1.807) is 0 Å². The number of quaternary nitrogens is 2. The maximum Gasteiger partial charge on any atom is 0 e.